The van der Waals surface area contributed by atoms with E-state index in [2.05, 4.69) is 9.73 Å². The zero-order chi connectivity index (χ0) is 11.7. The summed E-state index contributed by atoms with van der Waals surface area (Å²) in [6, 6.07) is 0. The third-order valence-corrected chi connectivity index (χ3v) is 1.97. The van der Waals surface area contributed by atoms with Gasteiger partial charge in [-0.05, 0) is 19.8 Å². The second-order valence-electron chi connectivity index (χ2n) is 3.41. The van der Waals surface area contributed by atoms with Gasteiger partial charge < -0.3 is 15.6 Å². The zero-order valence-corrected chi connectivity index (χ0v) is 9.40. The van der Waals surface area contributed by atoms with Crippen LogP contribution in [0.5, 0.6) is 0 Å². The number of esters is 1. The minimum Gasteiger partial charge on any atom is -0.467 e. The number of amidine groups is 1. The summed E-state index contributed by atoms with van der Waals surface area (Å²) >= 11 is 0. The molecule has 0 saturated heterocycles. The van der Waals surface area contributed by atoms with E-state index in [4.69, 9.17) is 5.73 Å². The lowest BCUT2D eigenvalue weighted by molar-refractivity contribution is -0.150. The number of aliphatic hydroxyl groups is 1. The topological polar surface area (TPSA) is 84.9 Å². The molecule has 0 aromatic heterocycles. The summed E-state index contributed by atoms with van der Waals surface area (Å²) in [4.78, 5) is 14.8. The molecule has 15 heavy (non-hydrogen) atoms. The number of hydrogen-bond acceptors (Lipinski definition) is 4. The van der Waals surface area contributed by atoms with Crippen LogP contribution in [0.4, 0.5) is 0 Å². The Hall–Kier alpha value is -1.10. The molecular weight excluding hydrogens is 196 g/mol. The number of ether oxygens (including phenoxy) is 1. The Bertz CT molecular complexity index is 213. The molecule has 0 fully saturated rings. The van der Waals surface area contributed by atoms with Gasteiger partial charge in [-0.15, -0.1) is 0 Å². The number of aliphatic hydroxyl groups excluding tert-OH is 1. The normalized spacial score (nSPS) is 13.7. The fourth-order valence-electron chi connectivity index (χ4n) is 1.14. The molecule has 0 aliphatic rings. The van der Waals surface area contributed by atoms with Crippen molar-refractivity contribution < 1.29 is 14.6 Å². The highest BCUT2D eigenvalue weighted by molar-refractivity contribution is 5.77. The maximum absolute atomic E-state index is 10.8. The lowest BCUT2D eigenvalue weighted by atomic mass is 10.1. The van der Waals surface area contributed by atoms with Gasteiger partial charge in [-0.2, -0.15) is 0 Å². The van der Waals surface area contributed by atoms with E-state index in [-0.39, 0.29) is 0 Å². The molecule has 0 amide bonds. The molecule has 0 aromatic rings. The fourth-order valence-corrected chi connectivity index (χ4v) is 1.14. The average Bonchev–Trinajstić information content (AvgIpc) is 2.21. The van der Waals surface area contributed by atoms with Gasteiger partial charge >= 0.3 is 5.97 Å². The monoisotopic (exact) mass is 216 g/mol. The van der Waals surface area contributed by atoms with Crippen molar-refractivity contribution in [3.05, 3.63) is 0 Å². The number of rotatable bonds is 7. The minimum absolute atomic E-state index is 0.442. The molecule has 0 spiro atoms. The van der Waals surface area contributed by atoms with E-state index in [1.54, 1.807) is 6.92 Å². The quantitative estimate of drug-likeness (QED) is 0.280. The first kappa shape index (κ1) is 13.9. The van der Waals surface area contributed by atoms with E-state index >= 15 is 0 Å². The Kier molecular flexibility index (Phi) is 7.62. The lowest BCUT2D eigenvalue weighted by Gasteiger charge is -2.06. The molecule has 3 N–H and O–H groups in total. The number of nitrogens with zero attached hydrogens (tertiary/aromatic N) is 1. The highest BCUT2D eigenvalue weighted by Crippen LogP contribution is 2.04. The second-order valence-corrected chi connectivity index (χ2v) is 3.41. The lowest BCUT2D eigenvalue weighted by Crippen LogP contribution is -2.21. The van der Waals surface area contributed by atoms with Crippen molar-refractivity contribution in [3.63, 3.8) is 0 Å². The first-order valence-electron chi connectivity index (χ1n) is 5.10. The van der Waals surface area contributed by atoms with E-state index < -0.39 is 12.1 Å². The van der Waals surface area contributed by atoms with Crippen LogP contribution in [-0.2, 0) is 9.53 Å². The first-order valence-corrected chi connectivity index (χ1v) is 5.10. The smallest absolute Gasteiger partial charge is 0.334 e. The number of hydrogen-bond donors (Lipinski definition) is 2. The summed E-state index contributed by atoms with van der Waals surface area (Å²) < 4.78 is 4.39. The molecule has 5 heteroatoms. The molecule has 88 valence electrons. The van der Waals surface area contributed by atoms with Crippen molar-refractivity contribution in [1.29, 1.82) is 0 Å². The molecule has 0 aromatic carbocycles. The molecule has 1 unspecified atom stereocenters. The van der Waals surface area contributed by atoms with Gasteiger partial charge in [-0.1, -0.05) is 12.8 Å². The van der Waals surface area contributed by atoms with Crippen LogP contribution in [0, 0.1) is 0 Å². The second kappa shape index (κ2) is 8.23. The predicted molar refractivity (Wildman–Crippen MR) is 58.7 cm³/mol. The number of nitrogens with two attached hydrogens (primary N) is 1. The summed E-state index contributed by atoms with van der Waals surface area (Å²) in [6.07, 6.45) is 2.08. The minimum atomic E-state index is -0.991. The Morgan fingerprint density at radius 1 is 1.47 bits per heavy atom. The van der Waals surface area contributed by atoms with Gasteiger partial charge in [0, 0.05) is 6.54 Å². The largest absolute Gasteiger partial charge is 0.467 e. The Morgan fingerprint density at radius 2 is 2.13 bits per heavy atom. The molecule has 1 atom stereocenters. The van der Waals surface area contributed by atoms with Crippen LogP contribution in [-0.4, -0.2) is 36.7 Å². The highest BCUT2D eigenvalue weighted by atomic mass is 16.5. The molecule has 0 radical (unpaired) electrons. The predicted octanol–water partition coefficient (Wildman–Crippen LogP) is 0.458. The molecule has 0 saturated carbocycles. The van der Waals surface area contributed by atoms with Crippen LogP contribution in [0.15, 0.2) is 4.99 Å². The van der Waals surface area contributed by atoms with Gasteiger partial charge in [0.15, 0.2) is 6.10 Å². The molecule has 5 nitrogen and oxygen atoms in total. The van der Waals surface area contributed by atoms with Gasteiger partial charge in [0.1, 0.15) is 0 Å². The summed E-state index contributed by atoms with van der Waals surface area (Å²) in [5.74, 6) is 0.0235. The van der Waals surface area contributed by atoms with E-state index in [9.17, 15) is 9.90 Å². The average molecular weight is 216 g/mol. The van der Waals surface area contributed by atoms with Gasteiger partial charge in [0.25, 0.3) is 0 Å². The van der Waals surface area contributed by atoms with Gasteiger partial charge in [0.05, 0.1) is 12.9 Å². The Balaban J connectivity index is 3.39. The third-order valence-electron chi connectivity index (χ3n) is 1.97. The van der Waals surface area contributed by atoms with Gasteiger partial charge in [0.2, 0.25) is 0 Å². The number of carbonyl (C=O) groups excluding carboxylic acids is 1. The summed E-state index contributed by atoms with van der Waals surface area (Å²) in [5, 5.41) is 9.24. The van der Waals surface area contributed by atoms with Crippen molar-refractivity contribution in [1.82, 2.24) is 0 Å². The van der Waals surface area contributed by atoms with Crippen molar-refractivity contribution in [2.24, 2.45) is 10.7 Å². The SMILES string of the molecule is COC(=O)C(O)CCCCCN=C(C)N. The van der Waals surface area contributed by atoms with Crippen LogP contribution in [0.2, 0.25) is 0 Å². The Morgan fingerprint density at radius 3 is 2.67 bits per heavy atom. The van der Waals surface area contributed by atoms with Crippen LogP contribution < -0.4 is 5.73 Å². The fraction of sp³-hybridized carbons (Fsp3) is 0.800. The number of unbranched alkanes of at least 4 members (excludes halogenated alkanes) is 2. The van der Waals surface area contributed by atoms with Gasteiger partial charge in [-0.25, -0.2) is 4.79 Å². The van der Waals surface area contributed by atoms with E-state index in [1.165, 1.54) is 7.11 Å². The molecule has 0 aliphatic carbocycles. The number of methoxy groups -OCH3 is 1. The first-order chi connectivity index (χ1) is 7.07. The summed E-state index contributed by atoms with van der Waals surface area (Å²) in [6.45, 7) is 2.46. The molecular formula is C10H20N2O3. The summed E-state index contributed by atoms with van der Waals surface area (Å²) in [7, 11) is 1.27. The van der Waals surface area contributed by atoms with E-state index in [0.29, 0.717) is 18.8 Å². The zero-order valence-electron chi connectivity index (χ0n) is 9.40. The molecule has 0 heterocycles. The maximum atomic E-state index is 10.8. The van der Waals surface area contributed by atoms with Crippen molar-refractivity contribution in [2.75, 3.05) is 13.7 Å². The van der Waals surface area contributed by atoms with Crippen LogP contribution >= 0.6 is 0 Å². The van der Waals surface area contributed by atoms with E-state index in [1.807, 2.05) is 0 Å². The van der Waals surface area contributed by atoms with Crippen LogP contribution in [0.25, 0.3) is 0 Å². The van der Waals surface area contributed by atoms with Crippen LogP contribution in [0.3, 0.4) is 0 Å². The number of carbonyl (C=O) groups is 1. The van der Waals surface area contributed by atoms with Crippen molar-refractivity contribution in [2.45, 2.75) is 38.7 Å². The Labute approximate surface area is 90.3 Å². The highest BCUT2D eigenvalue weighted by Gasteiger charge is 2.13. The summed E-state index contributed by atoms with van der Waals surface area (Å²) in [5.41, 5.74) is 5.36. The standard InChI is InChI=1S/C10H20N2O3/c1-8(11)12-7-5-3-4-6-9(13)10(14)15-2/h9,13H,3-7H2,1-2H3,(H2,11,12). The van der Waals surface area contributed by atoms with Crippen molar-refractivity contribution in [3.8, 4) is 0 Å². The maximum Gasteiger partial charge on any atom is 0.334 e. The van der Waals surface area contributed by atoms with Crippen molar-refractivity contribution >= 4 is 11.8 Å². The number of aliphatic imine (C=N–C) groups is 1. The molecule has 0 aliphatic heterocycles. The van der Waals surface area contributed by atoms with Crippen LogP contribution in [0.1, 0.15) is 32.6 Å². The van der Waals surface area contributed by atoms with E-state index in [0.717, 1.165) is 19.3 Å². The molecule has 0 rings (SSSR count). The molecule has 0 bridgehead atoms. The third kappa shape index (κ3) is 7.93. The van der Waals surface area contributed by atoms with Gasteiger partial charge in [-0.3, -0.25) is 4.99 Å².